The first-order valence-electron chi connectivity index (χ1n) is 9.72. The lowest BCUT2D eigenvalue weighted by molar-refractivity contribution is -0.122. The molecule has 0 radical (unpaired) electrons. The third-order valence-electron chi connectivity index (χ3n) is 4.65. The molecule has 0 spiro atoms. The summed E-state index contributed by atoms with van der Waals surface area (Å²) in [5.74, 6) is 1.40. The van der Waals surface area contributed by atoms with E-state index >= 15 is 0 Å². The molecule has 9 heteroatoms. The molecule has 0 aliphatic heterocycles. The fourth-order valence-electron chi connectivity index (χ4n) is 3.27. The summed E-state index contributed by atoms with van der Waals surface area (Å²) in [7, 11) is 3.55. The molecule has 3 heterocycles. The molecule has 0 aliphatic carbocycles. The highest BCUT2D eigenvalue weighted by atomic mass is 16.5. The van der Waals surface area contributed by atoms with Gasteiger partial charge in [-0.1, -0.05) is 6.07 Å². The number of carbonyl (C=O) groups is 1. The second-order valence-electron chi connectivity index (χ2n) is 6.81. The van der Waals surface area contributed by atoms with Crippen LogP contribution < -0.4 is 9.47 Å². The molecule has 1 aromatic carbocycles. The Morgan fingerprint density at radius 2 is 2.10 bits per heavy atom. The van der Waals surface area contributed by atoms with Gasteiger partial charge in [0.2, 0.25) is 0 Å². The number of rotatable bonds is 7. The molecule has 162 valence electrons. The summed E-state index contributed by atoms with van der Waals surface area (Å²) in [6.07, 6.45) is 8.38. The van der Waals surface area contributed by atoms with Gasteiger partial charge in [-0.3, -0.25) is 9.48 Å². The number of methoxy groups -OCH3 is 1. The summed E-state index contributed by atoms with van der Waals surface area (Å²) in [6.45, 7) is 3.24. The van der Waals surface area contributed by atoms with Crippen molar-refractivity contribution in [3.05, 3.63) is 54.7 Å². The van der Waals surface area contributed by atoms with Gasteiger partial charge in [0.25, 0.3) is 6.47 Å². The van der Waals surface area contributed by atoms with Crippen LogP contribution in [0.2, 0.25) is 0 Å². The van der Waals surface area contributed by atoms with Gasteiger partial charge in [-0.05, 0) is 37.1 Å². The minimum absolute atomic E-state index is 0.250. The first-order valence-corrected chi connectivity index (χ1v) is 9.72. The van der Waals surface area contributed by atoms with Crippen molar-refractivity contribution in [2.75, 3.05) is 13.7 Å². The van der Waals surface area contributed by atoms with Crippen molar-refractivity contribution < 1.29 is 19.4 Å². The second-order valence-corrected chi connectivity index (χ2v) is 6.81. The summed E-state index contributed by atoms with van der Waals surface area (Å²) >= 11 is 0. The van der Waals surface area contributed by atoms with E-state index in [2.05, 4.69) is 23.1 Å². The summed E-state index contributed by atoms with van der Waals surface area (Å²) < 4.78 is 15.5. The Bertz CT molecular complexity index is 1140. The predicted molar refractivity (Wildman–Crippen MR) is 116 cm³/mol. The molecule has 0 unspecified atom stereocenters. The van der Waals surface area contributed by atoms with Gasteiger partial charge in [0, 0.05) is 43.1 Å². The van der Waals surface area contributed by atoms with Crippen LogP contribution in [0.15, 0.2) is 49.2 Å². The van der Waals surface area contributed by atoms with Gasteiger partial charge in [0.05, 0.1) is 25.7 Å². The van der Waals surface area contributed by atoms with Crippen molar-refractivity contribution in [2.24, 2.45) is 7.05 Å². The zero-order valence-electron chi connectivity index (χ0n) is 17.7. The number of carboxylic acid groups (broad SMARTS) is 1. The highest BCUT2D eigenvalue weighted by Gasteiger charge is 2.16. The van der Waals surface area contributed by atoms with Crippen molar-refractivity contribution >= 4 is 17.5 Å². The SMILES string of the molecule is COc1cccc(-c2cc(C)c3cn(C)nc3n2)c1OCCCn1ccnc1.O=CO. The molecular weight excluding hydrogens is 398 g/mol. The lowest BCUT2D eigenvalue weighted by Crippen LogP contribution is -2.05. The van der Waals surface area contributed by atoms with Gasteiger partial charge in [-0.2, -0.15) is 5.10 Å². The standard InChI is InChI=1S/C21H23N5O2.CH2O2/c1-15-12-18(23-21-17(15)13-25(2)24-21)16-6-4-7-19(27-3)20(16)28-11-5-9-26-10-8-22-14-26;2-1-3/h4,6-8,10,12-14H,5,9,11H2,1-3H3;1H,(H,2,3). The van der Waals surface area contributed by atoms with E-state index < -0.39 is 0 Å². The number of ether oxygens (including phenoxy) is 2. The minimum atomic E-state index is -0.250. The predicted octanol–water partition coefficient (Wildman–Crippen LogP) is 3.32. The largest absolute Gasteiger partial charge is 0.493 e. The Morgan fingerprint density at radius 1 is 1.29 bits per heavy atom. The van der Waals surface area contributed by atoms with E-state index in [1.54, 1.807) is 18.0 Å². The number of aryl methyl sites for hydroxylation is 3. The third-order valence-corrected chi connectivity index (χ3v) is 4.65. The minimum Gasteiger partial charge on any atom is -0.493 e. The molecule has 9 nitrogen and oxygen atoms in total. The number of pyridine rings is 1. The van der Waals surface area contributed by atoms with E-state index in [1.807, 2.05) is 48.5 Å². The summed E-state index contributed by atoms with van der Waals surface area (Å²) in [6, 6.07) is 7.93. The van der Waals surface area contributed by atoms with E-state index in [-0.39, 0.29) is 6.47 Å². The number of aromatic nitrogens is 5. The van der Waals surface area contributed by atoms with E-state index in [0.29, 0.717) is 18.1 Å². The molecule has 0 bridgehead atoms. The molecule has 4 rings (SSSR count). The monoisotopic (exact) mass is 423 g/mol. The van der Waals surface area contributed by atoms with Crippen molar-refractivity contribution in [1.29, 1.82) is 0 Å². The number of fused-ring (bicyclic) bond motifs is 1. The van der Waals surface area contributed by atoms with Crippen LogP contribution in [0.4, 0.5) is 0 Å². The Hall–Kier alpha value is -3.88. The number of hydrogen-bond acceptors (Lipinski definition) is 6. The molecule has 0 atom stereocenters. The van der Waals surface area contributed by atoms with E-state index in [4.69, 9.17) is 24.4 Å². The Kier molecular flexibility index (Phi) is 7.21. The summed E-state index contributed by atoms with van der Waals surface area (Å²) in [5.41, 5.74) is 3.58. The van der Waals surface area contributed by atoms with Gasteiger partial charge >= 0.3 is 0 Å². The molecular formula is C22H25N5O4. The fraction of sp³-hybridized carbons (Fsp3) is 0.273. The van der Waals surface area contributed by atoms with Crippen LogP contribution in [0.25, 0.3) is 22.3 Å². The molecule has 0 amide bonds. The van der Waals surface area contributed by atoms with E-state index in [1.165, 1.54) is 0 Å². The smallest absolute Gasteiger partial charge is 0.290 e. The van der Waals surface area contributed by atoms with Gasteiger partial charge < -0.3 is 19.1 Å². The van der Waals surface area contributed by atoms with Crippen LogP contribution in [0.5, 0.6) is 11.5 Å². The van der Waals surface area contributed by atoms with Gasteiger partial charge in [-0.25, -0.2) is 9.97 Å². The highest BCUT2D eigenvalue weighted by molar-refractivity contribution is 5.83. The Morgan fingerprint density at radius 3 is 2.81 bits per heavy atom. The Labute approximate surface area is 179 Å². The number of imidazole rings is 1. The van der Waals surface area contributed by atoms with Gasteiger partial charge in [0.1, 0.15) is 0 Å². The Balaban J connectivity index is 0.000000858. The molecule has 4 aromatic rings. The second kappa shape index (κ2) is 10.2. The number of hydrogen-bond donors (Lipinski definition) is 1. The molecule has 0 saturated carbocycles. The zero-order valence-corrected chi connectivity index (χ0v) is 17.7. The maximum absolute atomic E-state index is 8.36. The number of benzene rings is 1. The maximum atomic E-state index is 8.36. The lowest BCUT2D eigenvalue weighted by Gasteiger charge is -2.15. The number of nitrogens with zero attached hydrogens (tertiary/aromatic N) is 5. The van der Waals surface area contributed by atoms with Crippen LogP contribution in [0.3, 0.4) is 0 Å². The molecule has 1 N–H and O–H groups in total. The summed E-state index contributed by atoms with van der Waals surface area (Å²) in [4.78, 5) is 17.2. The summed E-state index contributed by atoms with van der Waals surface area (Å²) in [5, 5.41) is 12.4. The topological polar surface area (TPSA) is 104 Å². The third kappa shape index (κ3) is 5.19. The van der Waals surface area contributed by atoms with Crippen molar-refractivity contribution in [2.45, 2.75) is 19.9 Å². The normalized spacial score (nSPS) is 10.4. The quantitative estimate of drug-likeness (QED) is 0.359. The van der Waals surface area contributed by atoms with Crippen LogP contribution in [-0.2, 0) is 18.4 Å². The lowest BCUT2D eigenvalue weighted by atomic mass is 10.1. The van der Waals surface area contributed by atoms with E-state index in [0.717, 1.165) is 40.8 Å². The van der Waals surface area contributed by atoms with Crippen molar-refractivity contribution in [3.63, 3.8) is 0 Å². The van der Waals surface area contributed by atoms with Gasteiger partial charge in [0.15, 0.2) is 17.1 Å². The highest BCUT2D eigenvalue weighted by Crippen LogP contribution is 2.38. The van der Waals surface area contributed by atoms with Gasteiger partial charge in [-0.15, -0.1) is 0 Å². The fourth-order valence-corrected chi connectivity index (χ4v) is 3.27. The van der Waals surface area contributed by atoms with E-state index in [9.17, 15) is 0 Å². The van der Waals surface area contributed by atoms with Crippen LogP contribution in [0, 0.1) is 6.92 Å². The van der Waals surface area contributed by atoms with Crippen LogP contribution in [0.1, 0.15) is 12.0 Å². The molecule has 31 heavy (non-hydrogen) atoms. The molecule has 0 aliphatic rings. The molecule has 0 fully saturated rings. The molecule has 0 saturated heterocycles. The van der Waals surface area contributed by atoms with Crippen molar-refractivity contribution in [3.8, 4) is 22.8 Å². The number of para-hydroxylation sites is 1. The zero-order chi connectivity index (χ0) is 22.2. The van der Waals surface area contributed by atoms with Crippen LogP contribution >= 0.6 is 0 Å². The first-order chi connectivity index (χ1) is 15.1. The average molecular weight is 423 g/mol. The average Bonchev–Trinajstić information content (AvgIpc) is 3.41. The maximum Gasteiger partial charge on any atom is 0.290 e. The van der Waals surface area contributed by atoms with Crippen molar-refractivity contribution in [1.82, 2.24) is 24.3 Å². The van der Waals surface area contributed by atoms with Crippen LogP contribution in [-0.4, -0.2) is 49.6 Å². The molecule has 3 aromatic heterocycles. The first kappa shape index (κ1) is 21.8.